The van der Waals surface area contributed by atoms with Crippen molar-refractivity contribution >= 4 is 34.7 Å². The van der Waals surface area contributed by atoms with E-state index in [0.29, 0.717) is 52.8 Å². The van der Waals surface area contributed by atoms with Crippen LogP contribution in [0.15, 0.2) is 36.4 Å². The number of hydroxylamine groups is 2. The zero-order chi connectivity index (χ0) is 51.6. The molecular formula is C64H98BrMgNO10. The second-order valence-electron chi connectivity index (χ2n) is 26.6. The van der Waals surface area contributed by atoms with Crippen LogP contribution in [0, 0.1) is 86.9 Å². The van der Waals surface area contributed by atoms with Gasteiger partial charge in [0, 0.05) is 37.7 Å². The number of benzene rings is 2. The first-order chi connectivity index (χ1) is 34.8. The second kappa shape index (κ2) is 25.2. The predicted octanol–water partition coefficient (Wildman–Crippen LogP) is 10.3. The number of ether oxygens (including phenoxy) is 5. The van der Waals surface area contributed by atoms with E-state index in [1.807, 2.05) is 38.1 Å². The first-order valence-electron chi connectivity index (χ1n) is 28.8. The topological polar surface area (TPSA) is 133 Å². The first-order valence-corrected chi connectivity index (χ1v) is 28.8. The maximum Gasteiger partial charge on any atom is 2.00 e. The largest absolute Gasteiger partial charge is 2.00 e. The van der Waals surface area contributed by atoms with Crippen LogP contribution in [-0.2, 0) is 14.4 Å². The molecule has 13 rings (SSSR count). The molecule has 3 aliphatic heterocycles. The van der Waals surface area contributed by atoms with E-state index in [9.17, 15) is 19.8 Å². The molecule has 11 aliphatic rings. The van der Waals surface area contributed by atoms with Gasteiger partial charge in [-0.1, -0.05) is 42.5 Å². The van der Waals surface area contributed by atoms with Gasteiger partial charge in [0.2, 0.25) is 19.5 Å². The summed E-state index contributed by atoms with van der Waals surface area (Å²) < 4.78 is 26.0. The summed E-state index contributed by atoms with van der Waals surface area (Å²) in [6.07, 6.45) is 23.1. The van der Waals surface area contributed by atoms with Gasteiger partial charge in [-0.3, -0.25) is 14.4 Å². The van der Waals surface area contributed by atoms with E-state index in [0.717, 1.165) is 105 Å². The van der Waals surface area contributed by atoms with Crippen molar-refractivity contribution in [1.82, 2.24) is 5.06 Å². The third-order valence-electron chi connectivity index (χ3n) is 22.8. The number of fused-ring (bicyclic) bond motifs is 12. The monoisotopic (exact) mass is 1140 g/mol. The number of halogens is 1. The van der Waals surface area contributed by atoms with Crippen LogP contribution < -0.4 is 35.9 Å². The summed E-state index contributed by atoms with van der Waals surface area (Å²) in [7, 11) is 3.34. The van der Waals surface area contributed by atoms with E-state index in [1.165, 1.54) is 88.5 Å². The minimum Gasteiger partial charge on any atom is -1.00 e. The van der Waals surface area contributed by atoms with Gasteiger partial charge in [-0.05, 0) is 229 Å². The third-order valence-corrected chi connectivity index (χ3v) is 22.8. The van der Waals surface area contributed by atoms with Crippen molar-refractivity contribution in [3.05, 3.63) is 48.0 Å². The fourth-order valence-corrected chi connectivity index (χ4v) is 18.6. The molecule has 8 saturated carbocycles. The molecule has 0 unspecified atom stereocenters. The van der Waals surface area contributed by atoms with Gasteiger partial charge in [0.1, 0.15) is 0 Å². The van der Waals surface area contributed by atoms with Crippen molar-refractivity contribution in [2.45, 2.75) is 196 Å². The molecule has 16 atom stereocenters. The predicted molar refractivity (Wildman–Crippen MR) is 299 cm³/mol. The summed E-state index contributed by atoms with van der Waals surface area (Å²) in [4.78, 5) is 31.9. The molecule has 8 aliphatic carbocycles. The fourth-order valence-electron chi connectivity index (χ4n) is 18.6. The zero-order valence-electron chi connectivity index (χ0n) is 46.9. The number of hydrogen-bond acceptors (Lipinski definition) is 10. The van der Waals surface area contributed by atoms with Crippen LogP contribution in [-0.4, -0.2) is 102 Å². The summed E-state index contributed by atoms with van der Waals surface area (Å²) in [6, 6.07) is 14.0. The Balaban J connectivity index is 0.000000192. The summed E-state index contributed by atoms with van der Waals surface area (Å²) in [5, 5.41) is 22.8. The molecule has 0 spiro atoms. The van der Waals surface area contributed by atoms with Crippen molar-refractivity contribution < 1.29 is 65.3 Å². The van der Waals surface area contributed by atoms with Crippen molar-refractivity contribution in [2.24, 2.45) is 80.8 Å². The zero-order valence-corrected chi connectivity index (χ0v) is 49.9. The van der Waals surface area contributed by atoms with Crippen LogP contribution in [0.4, 0.5) is 0 Å². The van der Waals surface area contributed by atoms with E-state index in [-0.39, 0.29) is 90.3 Å². The number of rotatable bonds is 4. The Morgan fingerprint density at radius 1 is 0.597 bits per heavy atom. The molecular weight excluding hydrogens is 1050 g/mol. The number of nitrogens with zero attached hydrogens (tertiary/aromatic N) is 1. The maximum absolute atomic E-state index is 13.7. The van der Waals surface area contributed by atoms with Crippen molar-refractivity contribution in [2.75, 3.05) is 41.0 Å². The molecule has 2 aromatic rings. The number of amides is 1. The van der Waals surface area contributed by atoms with Gasteiger partial charge in [-0.25, -0.2) is 5.06 Å². The van der Waals surface area contributed by atoms with Crippen molar-refractivity contribution in [3.8, 4) is 23.0 Å². The Morgan fingerprint density at radius 2 is 1.08 bits per heavy atom. The number of carbonyl (C=O) groups excluding carboxylic acids is 2. The molecule has 13 heteroatoms. The number of carbonyl (C=O) groups is 2. The normalized spacial score (nSPS) is 40.8. The van der Waals surface area contributed by atoms with Gasteiger partial charge in [0.05, 0.1) is 29.8 Å². The Labute approximate surface area is 491 Å². The summed E-state index contributed by atoms with van der Waals surface area (Å²) in [5.41, 5.74) is 0.843. The smallest absolute Gasteiger partial charge is 1.00 e. The molecule has 3 heterocycles. The molecule has 1 saturated heterocycles. The quantitative estimate of drug-likeness (QED) is 0.132. The van der Waals surface area contributed by atoms with Gasteiger partial charge < -0.3 is 50.9 Å². The Morgan fingerprint density at radius 3 is 1.58 bits per heavy atom. The molecule has 77 heavy (non-hydrogen) atoms. The van der Waals surface area contributed by atoms with Crippen molar-refractivity contribution in [1.29, 1.82) is 0 Å². The van der Waals surface area contributed by atoms with E-state index < -0.39 is 11.2 Å². The van der Waals surface area contributed by atoms with Gasteiger partial charge in [0.25, 0.3) is 0 Å². The van der Waals surface area contributed by atoms with Crippen LogP contribution in [0.2, 0.25) is 0 Å². The molecule has 0 bridgehead atoms. The maximum atomic E-state index is 13.7. The molecule has 2 N–H and O–H groups in total. The van der Waals surface area contributed by atoms with Crippen LogP contribution >= 0.6 is 0 Å². The van der Waals surface area contributed by atoms with E-state index in [2.05, 4.69) is 33.8 Å². The van der Waals surface area contributed by atoms with Crippen LogP contribution in [0.5, 0.6) is 23.0 Å². The molecule has 428 valence electrons. The van der Waals surface area contributed by atoms with Gasteiger partial charge in [-0.15, -0.1) is 12.1 Å². The number of hydrogen-bond donors (Lipinski definition) is 2. The first kappa shape index (κ1) is 64.0. The van der Waals surface area contributed by atoms with Crippen LogP contribution in [0.1, 0.15) is 195 Å². The van der Waals surface area contributed by atoms with E-state index in [1.54, 1.807) is 26.3 Å². The average Bonchev–Trinajstić information content (AvgIpc) is 4.25. The summed E-state index contributed by atoms with van der Waals surface area (Å²) in [5.74, 6) is 9.47. The molecule has 9 fully saturated rings. The molecule has 1 amide bonds. The van der Waals surface area contributed by atoms with Crippen LogP contribution in [0.25, 0.3) is 0 Å². The molecule has 0 aromatic heterocycles. The number of Topliss-reactive ketones (excluding diaryl/α,β-unsaturated/α-hetero) is 1. The van der Waals surface area contributed by atoms with Crippen LogP contribution in [0.3, 0.4) is 0 Å². The molecule has 0 radical (unpaired) electrons. The van der Waals surface area contributed by atoms with E-state index >= 15 is 0 Å². The summed E-state index contributed by atoms with van der Waals surface area (Å²) >= 11 is 0. The average molecular weight is 1150 g/mol. The van der Waals surface area contributed by atoms with Gasteiger partial charge in [-0.2, -0.15) is 12.1 Å². The van der Waals surface area contributed by atoms with Gasteiger partial charge >= 0.3 is 23.1 Å². The number of aliphatic hydroxyl groups is 2. The van der Waals surface area contributed by atoms with Gasteiger partial charge in [0.15, 0.2) is 17.3 Å². The minimum absolute atomic E-state index is 0. The standard InChI is InChI=1S/C28H38O4.C23H39NO3.C7H5O2.C4H8O.2CH4.BrH.Mg/c1-26(30)12-13-27(2)18(15-26)5-6-19-20-7-8-22(28(20,3)11-10-21(19)27)25(29)17-4-9-23-24(14-17)32-16-31-23;1-21(26)12-13-22(2)15(14-21)6-7-16-17-8-9-19(20(25)24(4)27-5)23(17,3)11-10-18(16)22;1-2-4-7-6(3-1)8-5-9-7;1-2-4-5-3-1;;;;/h4,9,14,18-22,30H,5-8,10-13,15-16H2,1-3H3;15-19,26H,6-14H2,1-5H3;1,3-4H,5H2;1-4H2;2*1H4;1H;/q;;-1;;;;;+2/p-1/t18-,19+,20+,21+,22-,26-,27+,28+;15-,16+,17+,18+,19-,21-,22+,23+;;;;;;/m11....../s1. The second-order valence-corrected chi connectivity index (χ2v) is 26.6. The van der Waals surface area contributed by atoms with Crippen molar-refractivity contribution in [3.63, 3.8) is 0 Å². The molecule has 2 aromatic carbocycles. The molecule has 11 nitrogen and oxygen atoms in total. The summed E-state index contributed by atoms with van der Waals surface area (Å²) in [6.45, 7) is 16.6. The Hall–Kier alpha value is -2.13. The Bertz CT molecular complexity index is 2280. The van der Waals surface area contributed by atoms with E-state index in [4.69, 9.17) is 28.5 Å². The number of ketones is 1. The minimum atomic E-state index is -0.477. The SMILES string of the molecule is C.C.C1CCOC1.CON(C)C(=O)[C@H]1CC[C@H]2[C@@H]3CC[C@@H]4C[C@](C)(O)CC[C@]4(C)[C@H]3CC[C@]12C.C[C@@]1(O)CC[C@@]2(C)[C@H](CC[C@@H]3[C@@H]2CC[C@]2(C)[C@@H](C(=O)c4ccc5c(c4)OCO5)CC[C@@H]32)C1.[Br-].[Mg+2].[c-]1ccc2c(c1)OCO2. The third kappa shape index (κ3) is 12.2. The Kier molecular flexibility index (Phi) is 20.9. The fraction of sp³-hybridized carbons (Fsp3) is 0.781.